The van der Waals surface area contributed by atoms with Gasteiger partial charge < -0.3 is 14.8 Å². The van der Waals surface area contributed by atoms with Gasteiger partial charge in [0.1, 0.15) is 11.3 Å². The highest BCUT2D eigenvalue weighted by Gasteiger charge is 2.27. The van der Waals surface area contributed by atoms with Crippen LogP contribution in [0.5, 0.6) is 0 Å². The third-order valence-corrected chi connectivity index (χ3v) is 9.92. The molecule has 1 aliphatic carbocycles. The first kappa shape index (κ1) is 31.2. The molecule has 0 spiro atoms. The Hall–Kier alpha value is -4.76. The van der Waals surface area contributed by atoms with Crippen molar-refractivity contribution in [2.45, 2.75) is 30.6 Å². The van der Waals surface area contributed by atoms with Crippen LogP contribution in [-0.4, -0.2) is 38.0 Å². The van der Waals surface area contributed by atoms with Gasteiger partial charge in [0, 0.05) is 65.8 Å². The molecule has 1 aliphatic heterocycles. The summed E-state index contributed by atoms with van der Waals surface area (Å²) < 4.78 is 36.1. The zero-order valence-electron chi connectivity index (χ0n) is 25.8. The maximum atomic E-state index is 14.1. The van der Waals surface area contributed by atoms with Gasteiger partial charge in [0.2, 0.25) is 10.0 Å². The van der Waals surface area contributed by atoms with E-state index in [0.717, 1.165) is 64.6 Å². The van der Waals surface area contributed by atoms with E-state index in [1.807, 2.05) is 109 Å². The Morgan fingerprint density at radius 3 is 2.24 bits per heavy atom. The minimum atomic E-state index is -3.82. The molecule has 0 saturated carbocycles. The van der Waals surface area contributed by atoms with E-state index in [1.165, 1.54) is 4.31 Å². The average Bonchev–Trinajstić information content (AvgIpc) is 3.08. The lowest BCUT2D eigenvalue weighted by molar-refractivity contribution is 0.281. The molecule has 6 rings (SSSR count). The highest BCUT2D eigenvalue weighted by molar-refractivity contribution is 7.89. The van der Waals surface area contributed by atoms with Crippen LogP contribution in [-0.2, 0) is 10.0 Å². The summed E-state index contributed by atoms with van der Waals surface area (Å²) in [7, 11) is -2.19. The summed E-state index contributed by atoms with van der Waals surface area (Å²) in [5.41, 5.74) is 5.42. The molecular weight excluding hydrogens is 595 g/mol. The number of unbranched alkanes of at least 4 members (excludes halogenated alkanes) is 3. The van der Waals surface area contributed by atoms with Crippen molar-refractivity contribution in [1.29, 1.82) is 0 Å². The zero-order chi connectivity index (χ0) is 31.9. The molecule has 0 fully saturated rings. The maximum absolute atomic E-state index is 14.1. The Balaban J connectivity index is 1.50. The van der Waals surface area contributed by atoms with Gasteiger partial charge in [0.15, 0.2) is 0 Å². The Kier molecular flexibility index (Phi) is 9.59. The summed E-state index contributed by atoms with van der Waals surface area (Å²) in [4.78, 5) is 5.03. The molecule has 0 unspecified atom stereocenters. The van der Waals surface area contributed by atoms with Gasteiger partial charge in [0.05, 0.1) is 15.9 Å². The smallest absolute Gasteiger partial charge is 0.243 e. The topological polar surface area (TPSA) is 95.1 Å². The fraction of sp³-hybridized carbons (Fsp3) is 0.184. The number of para-hydroxylation sites is 2. The predicted octanol–water partition coefficient (Wildman–Crippen LogP) is 8.35. The van der Waals surface area contributed by atoms with Crippen LogP contribution in [0.25, 0.3) is 33.4 Å². The molecule has 2 aliphatic rings. The number of hydrogen-bond acceptors (Lipinski definition) is 6. The molecule has 46 heavy (non-hydrogen) atoms. The Bertz CT molecular complexity index is 2080. The van der Waals surface area contributed by atoms with Gasteiger partial charge in [-0.1, -0.05) is 67.4 Å². The van der Waals surface area contributed by atoms with Gasteiger partial charge in [0.25, 0.3) is 0 Å². The molecule has 4 aromatic carbocycles. The average molecular weight is 632 g/mol. The SMILES string of the molecule is CN(CCCCCCO)S(=O)(=O)c1ccccc1-c1c2cc/c(=N\c3ccccc3)cc-2oc2cc(Nc3ccccc3)ccc12. The summed E-state index contributed by atoms with van der Waals surface area (Å²) >= 11 is 0. The largest absolute Gasteiger partial charge is 0.456 e. The first-order valence-electron chi connectivity index (χ1n) is 15.5. The van der Waals surface area contributed by atoms with Crippen LogP contribution in [0.2, 0.25) is 0 Å². The van der Waals surface area contributed by atoms with Crippen LogP contribution < -0.4 is 10.7 Å². The normalized spacial score (nSPS) is 12.3. The second kappa shape index (κ2) is 14.1. The van der Waals surface area contributed by atoms with E-state index in [0.29, 0.717) is 23.5 Å². The number of aliphatic hydroxyl groups excluding tert-OH is 1. The second-order valence-corrected chi connectivity index (χ2v) is 13.3. The molecular formula is C38H37N3O4S. The van der Waals surface area contributed by atoms with Crippen LogP contribution >= 0.6 is 0 Å². The monoisotopic (exact) mass is 631 g/mol. The van der Waals surface area contributed by atoms with Crippen molar-refractivity contribution in [3.63, 3.8) is 0 Å². The number of sulfonamides is 1. The molecule has 8 heteroatoms. The molecule has 0 atom stereocenters. The van der Waals surface area contributed by atoms with Crippen molar-refractivity contribution in [2.75, 3.05) is 25.5 Å². The lowest BCUT2D eigenvalue weighted by Gasteiger charge is -2.22. The molecule has 0 bridgehead atoms. The van der Waals surface area contributed by atoms with Crippen LogP contribution in [0.4, 0.5) is 17.1 Å². The standard InChI is InChI=1S/C38H37N3O4S/c1-41(24-12-2-3-13-25-42)46(43,44)37-19-11-10-18-34(37)38-32-22-20-30(39-28-14-6-4-7-15-28)26-35(32)45-36-27-31(21-23-33(36)38)40-29-16-8-5-9-17-29/h4-11,14-23,26-27,39,42H,2-3,12-13,24-25H2,1H3/b40-31+. The number of nitrogens with one attached hydrogen (secondary N) is 1. The van der Waals surface area contributed by atoms with Crippen molar-refractivity contribution in [3.05, 3.63) is 127 Å². The summed E-state index contributed by atoms with van der Waals surface area (Å²) in [6.07, 6.45) is 3.17. The molecule has 2 N–H and O–H groups in total. The number of anilines is 2. The highest BCUT2D eigenvalue weighted by Crippen LogP contribution is 2.43. The zero-order valence-corrected chi connectivity index (χ0v) is 26.6. The van der Waals surface area contributed by atoms with Crippen LogP contribution in [0.3, 0.4) is 0 Å². The summed E-state index contributed by atoms with van der Waals surface area (Å²) in [5.74, 6) is 0.598. The third kappa shape index (κ3) is 6.89. The van der Waals surface area contributed by atoms with E-state index in [4.69, 9.17) is 14.5 Å². The maximum Gasteiger partial charge on any atom is 0.243 e. The Morgan fingerprint density at radius 2 is 1.46 bits per heavy atom. The van der Waals surface area contributed by atoms with Crippen molar-refractivity contribution in [1.82, 2.24) is 4.31 Å². The molecule has 1 heterocycles. The van der Waals surface area contributed by atoms with Crippen molar-refractivity contribution >= 4 is 38.1 Å². The van der Waals surface area contributed by atoms with E-state index < -0.39 is 10.0 Å². The van der Waals surface area contributed by atoms with E-state index >= 15 is 0 Å². The second-order valence-electron chi connectivity index (χ2n) is 11.3. The van der Waals surface area contributed by atoms with E-state index in [-0.39, 0.29) is 11.5 Å². The first-order chi connectivity index (χ1) is 22.4. The molecule has 7 nitrogen and oxygen atoms in total. The van der Waals surface area contributed by atoms with Crippen molar-refractivity contribution in [3.8, 4) is 22.5 Å². The number of hydrogen-bond donors (Lipinski definition) is 2. The molecule has 4 aromatic rings. The summed E-state index contributed by atoms with van der Waals surface area (Å²) in [6, 6.07) is 38.5. The number of nitrogens with zero attached hydrogens (tertiary/aromatic N) is 2. The van der Waals surface area contributed by atoms with Gasteiger partial charge in [-0.3, -0.25) is 0 Å². The van der Waals surface area contributed by atoms with Crippen LogP contribution in [0.15, 0.2) is 136 Å². The van der Waals surface area contributed by atoms with Crippen LogP contribution in [0.1, 0.15) is 25.7 Å². The summed E-state index contributed by atoms with van der Waals surface area (Å²) in [5, 5.41) is 14.0. The van der Waals surface area contributed by atoms with Gasteiger partial charge in [-0.15, -0.1) is 0 Å². The minimum absolute atomic E-state index is 0.151. The fourth-order valence-corrected chi connectivity index (χ4v) is 7.05. The number of rotatable bonds is 12. The quantitative estimate of drug-likeness (QED) is 0.105. The van der Waals surface area contributed by atoms with E-state index in [9.17, 15) is 8.42 Å². The summed E-state index contributed by atoms with van der Waals surface area (Å²) in [6.45, 7) is 0.547. The Labute approximate surface area is 269 Å². The van der Waals surface area contributed by atoms with Gasteiger partial charge in [-0.2, -0.15) is 0 Å². The van der Waals surface area contributed by atoms with E-state index in [1.54, 1.807) is 19.2 Å². The minimum Gasteiger partial charge on any atom is -0.456 e. The van der Waals surface area contributed by atoms with Crippen molar-refractivity contribution in [2.24, 2.45) is 4.99 Å². The van der Waals surface area contributed by atoms with Gasteiger partial charge in [-0.25, -0.2) is 17.7 Å². The molecule has 0 aromatic heterocycles. The fourth-order valence-electron chi connectivity index (χ4n) is 5.64. The molecule has 0 radical (unpaired) electrons. The predicted molar refractivity (Wildman–Crippen MR) is 185 cm³/mol. The van der Waals surface area contributed by atoms with E-state index in [2.05, 4.69) is 5.32 Å². The molecule has 234 valence electrons. The lowest BCUT2D eigenvalue weighted by Crippen LogP contribution is -2.28. The van der Waals surface area contributed by atoms with Gasteiger partial charge in [-0.05, 0) is 67.4 Å². The van der Waals surface area contributed by atoms with Gasteiger partial charge >= 0.3 is 0 Å². The van der Waals surface area contributed by atoms with Crippen molar-refractivity contribution < 1.29 is 17.9 Å². The highest BCUT2D eigenvalue weighted by atomic mass is 32.2. The first-order valence-corrected chi connectivity index (χ1v) is 17.0. The molecule has 0 saturated heterocycles. The Morgan fingerprint density at radius 1 is 0.739 bits per heavy atom. The lowest BCUT2D eigenvalue weighted by atomic mass is 9.93. The number of aliphatic hydroxyl groups is 1. The number of fused-ring (bicyclic) bond motifs is 2. The van der Waals surface area contributed by atoms with Crippen LogP contribution in [0, 0.1) is 0 Å². The molecule has 0 amide bonds. The third-order valence-electron chi connectivity index (χ3n) is 8.01. The number of benzene rings is 5.